The highest BCUT2D eigenvalue weighted by Crippen LogP contribution is 2.35. The van der Waals surface area contributed by atoms with E-state index in [9.17, 15) is 0 Å². The number of aryl methyl sites for hydroxylation is 2. The molecule has 3 aromatic carbocycles. The van der Waals surface area contributed by atoms with Crippen molar-refractivity contribution < 1.29 is 0 Å². The van der Waals surface area contributed by atoms with Crippen LogP contribution in [0.1, 0.15) is 11.1 Å². The molecule has 0 spiro atoms. The lowest BCUT2D eigenvalue weighted by atomic mass is 9.99. The summed E-state index contributed by atoms with van der Waals surface area (Å²) < 4.78 is 2.40. The maximum absolute atomic E-state index is 2.40. The van der Waals surface area contributed by atoms with E-state index in [1.165, 1.54) is 49.2 Å². The number of nitrogens with zero attached hydrogens (tertiary/aromatic N) is 1. The van der Waals surface area contributed by atoms with Gasteiger partial charge in [0, 0.05) is 16.2 Å². The van der Waals surface area contributed by atoms with Gasteiger partial charge in [0.05, 0.1) is 16.6 Å². The first-order valence-electron chi connectivity index (χ1n) is 8.06. The molecule has 0 aliphatic heterocycles. The van der Waals surface area contributed by atoms with Crippen LogP contribution in [0.15, 0.2) is 66.7 Å². The quantitative estimate of drug-likeness (QED) is 0.308. The minimum atomic E-state index is 1.28. The van der Waals surface area contributed by atoms with Gasteiger partial charge in [0.2, 0.25) is 0 Å². The van der Waals surface area contributed by atoms with Gasteiger partial charge < -0.3 is 4.40 Å². The van der Waals surface area contributed by atoms with Crippen molar-refractivity contribution >= 4 is 38.1 Å². The van der Waals surface area contributed by atoms with Crippen LogP contribution in [0, 0.1) is 13.8 Å². The van der Waals surface area contributed by atoms with Gasteiger partial charge in [-0.25, -0.2) is 0 Å². The molecule has 5 rings (SSSR count). The second kappa shape index (κ2) is 4.36. The average Bonchev–Trinajstić information content (AvgIpc) is 2.96. The second-order valence-corrected chi connectivity index (χ2v) is 6.42. The number of fused-ring (bicyclic) bond motifs is 8. The van der Waals surface area contributed by atoms with Crippen molar-refractivity contribution in [1.82, 2.24) is 4.40 Å². The third kappa shape index (κ3) is 1.62. The SMILES string of the molecule is Cc1cc2c3ccccc3n3c4ccccc4cc3c2cc1C. The molecule has 0 amide bonds. The fraction of sp³-hybridized carbons (Fsp3) is 0.0909. The lowest BCUT2D eigenvalue weighted by molar-refractivity contribution is 1.33. The Morgan fingerprint density at radius 2 is 1.22 bits per heavy atom. The van der Waals surface area contributed by atoms with E-state index in [-0.39, 0.29) is 0 Å². The van der Waals surface area contributed by atoms with Crippen LogP contribution in [0.2, 0.25) is 0 Å². The monoisotopic (exact) mass is 295 g/mol. The summed E-state index contributed by atoms with van der Waals surface area (Å²) in [5.74, 6) is 0. The van der Waals surface area contributed by atoms with E-state index in [0.29, 0.717) is 0 Å². The lowest BCUT2D eigenvalue weighted by Crippen LogP contribution is -1.92. The van der Waals surface area contributed by atoms with E-state index in [1.807, 2.05) is 0 Å². The van der Waals surface area contributed by atoms with E-state index in [4.69, 9.17) is 0 Å². The molecule has 0 saturated carbocycles. The van der Waals surface area contributed by atoms with Crippen LogP contribution in [0.4, 0.5) is 0 Å². The van der Waals surface area contributed by atoms with Gasteiger partial charge in [0.25, 0.3) is 0 Å². The van der Waals surface area contributed by atoms with Gasteiger partial charge >= 0.3 is 0 Å². The predicted molar refractivity (Wildman–Crippen MR) is 99.4 cm³/mol. The van der Waals surface area contributed by atoms with Crippen LogP contribution in [0.3, 0.4) is 0 Å². The molecule has 0 aliphatic rings. The Morgan fingerprint density at radius 3 is 2.04 bits per heavy atom. The standard InChI is InChI=1S/C22H17N/c1-14-11-18-17-8-4-6-10-21(17)23-20-9-5-3-7-16(20)13-22(23)19(18)12-15(14)2/h3-13H,1-2H3. The maximum atomic E-state index is 2.40. The number of hydrogen-bond acceptors (Lipinski definition) is 0. The van der Waals surface area contributed by atoms with Crippen molar-refractivity contribution in [1.29, 1.82) is 0 Å². The molecule has 0 radical (unpaired) electrons. The normalized spacial score (nSPS) is 11.9. The van der Waals surface area contributed by atoms with Crippen molar-refractivity contribution in [2.24, 2.45) is 0 Å². The maximum Gasteiger partial charge on any atom is 0.0547 e. The molecule has 1 heteroatoms. The number of benzene rings is 3. The Labute approximate surface area is 134 Å². The number of aromatic nitrogens is 1. The highest BCUT2D eigenvalue weighted by Gasteiger charge is 2.12. The third-order valence-electron chi connectivity index (χ3n) is 5.06. The molecule has 0 atom stereocenters. The van der Waals surface area contributed by atoms with Crippen LogP contribution in [0.5, 0.6) is 0 Å². The van der Waals surface area contributed by atoms with Gasteiger partial charge in [-0.05, 0) is 54.6 Å². The zero-order chi connectivity index (χ0) is 15.6. The largest absolute Gasteiger partial charge is 0.309 e. The number of para-hydroxylation sites is 2. The highest BCUT2D eigenvalue weighted by molar-refractivity contribution is 6.15. The molecule has 2 aromatic heterocycles. The van der Waals surface area contributed by atoms with Gasteiger partial charge in [-0.3, -0.25) is 0 Å². The molecule has 0 N–H and O–H groups in total. The summed E-state index contributed by atoms with van der Waals surface area (Å²) >= 11 is 0. The third-order valence-corrected chi connectivity index (χ3v) is 5.06. The summed E-state index contributed by atoms with van der Waals surface area (Å²) in [6, 6.07) is 24.4. The lowest BCUT2D eigenvalue weighted by Gasteiger charge is -2.12. The zero-order valence-corrected chi connectivity index (χ0v) is 13.3. The molecular formula is C22H17N. The van der Waals surface area contributed by atoms with Gasteiger partial charge in [0.15, 0.2) is 0 Å². The molecule has 0 unspecified atom stereocenters. The number of hydrogen-bond donors (Lipinski definition) is 0. The minimum absolute atomic E-state index is 1.28. The molecule has 110 valence electrons. The van der Waals surface area contributed by atoms with Gasteiger partial charge in [-0.2, -0.15) is 0 Å². The fourth-order valence-electron chi connectivity index (χ4n) is 3.76. The van der Waals surface area contributed by atoms with Gasteiger partial charge in [-0.15, -0.1) is 0 Å². The molecule has 0 aliphatic carbocycles. The second-order valence-electron chi connectivity index (χ2n) is 6.42. The van der Waals surface area contributed by atoms with Gasteiger partial charge in [-0.1, -0.05) is 42.5 Å². The first-order chi connectivity index (χ1) is 11.2. The summed E-state index contributed by atoms with van der Waals surface area (Å²) in [4.78, 5) is 0. The first-order valence-corrected chi connectivity index (χ1v) is 8.06. The van der Waals surface area contributed by atoms with E-state index in [0.717, 1.165) is 0 Å². The summed E-state index contributed by atoms with van der Waals surface area (Å²) in [6.07, 6.45) is 0. The molecule has 0 fully saturated rings. The van der Waals surface area contributed by atoms with E-state index in [2.05, 4.69) is 85.0 Å². The predicted octanol–water partition coefficient (Wildman–Crippen LogP) is 6.02. The van der Waals surface area contributed by atoms with Crippen molar-refractivity contribution in [3.05, 3.63) is 77.9 Å². The topological polar surface area (TPSA) is 4.41 Å². The van der Waals surface area contributed by atoms with Crippen LogP contribution in [0.25, 0.3) is 38.1 Å². The fourth-order valence-corrected chi connectivity index (χ4v) is 3.76. The zero-order valence-electron chi connectivity index (χ0n) is 13.3. The van der Waals surface area contributed by atoms with Crippen LogP contribution < -0.4 is 0 Å². The van der Waals surface area contributed by atoms with E-state index >= 15 is 0 Å². The minimum Gasteiger partial charge on any atom is -0.309 e. The summed E-state index contributed by atoms with van der Waals surface area (Å²) in [5.41, 5.74) is 6.55. The number of pyridine rings is 1. The average molecular weight is 295 g/mol. The number of rotatable bonds is 0. The molecule has 5 aromatic rings. The molecule has 23 heavy (non-hydrogen) atoms. The van der Waals surface area contributed by atoms with Crippen molar-refractivity contribution in [3.8, 4) is 0 Å². The summed E-state index contributed by atoms with van der Waals surface area (Å²) in [7, 11) is 0. The van der Waals surface area contributed by atoms with Crippen LogP contribution >= 0.6 is 0 Å². The first kappa shape index (κ1) is 12.7. The molecule has 0 saturated heterocycles. The molecule has 0 bridgehead atoms. The molecule has 2 heterocycles. The Hall–Kier alpha value is -2.80. The van der Waals surface area contributed by atoms with E-state index < -0.39 is 0 Å². The Bertz CT molecular complexity index is 1220. The molecule has 1 nitrogen and oxygen atoms in total. The smallest absolute Gasteiger partial charge is 0.0547 e. The molecular weight excluding hydrogens is 278 g/mol. The van der Waals surface area contributed by atoms with Crippen LogP contribution in [-0.2, 0) is 0 Å². The Kier molecular flexibility index (Phi) is 2.41. The Balaban J connectivity index is 2.21. The van der Waals surface area contributed by atoms with Crippen molar-refractivity contribution in [2.45, 2.75) is 13.8 Å². The Morgan fingerprint density at radius 1 is 0.565 bits per heavy atom. The summed E-state index contributed by atoms with van der Waals surface area (Å²) in [6.45, 7) is 4.39. The summed E-state index contributed by atoms with van der Waals surface area (Å²) in [5, 5.41) is 5.30. The van der Waals surface area contributed by atoms with Crippen LogP contribution in [-0.4, -0.2) is 4.40 Å². The van der Waals surface area contributed by atoms with Gasteiger partial charge in [0.1, 0.15) is 0 Å². The van der Waals surface area contributed by atoms with E-state index in [1.54, 1.807) is 0 Å². The van der Waals surface area contributed by atoms with Crippen molar-refractivity contribution in [2.75, 3.05) is 0 Å². The van der Waals surface area contributed by atoms with Crippen molar-refractivity contribution in [3.63, 3.8) is 0 Å². The highest BCUT2D eigenvalue weighted by atomic mass is 14.9.